The SMILES string of the molecule is Cc1nn([C@@H]2CCS(=O)(=O)C2)c(C)c1S(=O)(=O)NCc1ccco1. The molecule has 0 saturated carbocycles. The lowest BCUT2D eigenvalue weighted by molar-refractivity contribution is 0.484. The lowest BCUT2D eigenvalue weighted by Gasteiger charge is -2.11. The summed E-state index contributed by atoms with van der Waals surface area (Å²) in [6, 6.07) is 3.04. The molecule has 1 fully saturated rings. The third-order valence-corrected chi connectivity index (χ3v) is 7.50. The Morgan fingerprint density at radius 2 is 2.17 bits per heavy atom. The van der Waals surface area contributed by atoms with E-state index in [9.17, 15) is 16.8 Å². The summed E-state index contributed by atoms with van der Waals surface area (Å²) in [5.41, 5.74) is 0.797. The van der Waals surface area contributed by atoms with Crippen molar-refractivity contribution in [2.45, 2.75) is 37.8 Å². The first kappa shape index (κ1) is 17.2. The molecule has 24 heavy (non-hydrogen) atoms. The minimum absolute atomic E-state index is 0.00568. The van der Waals surface area contributed by atoms with Crippen LogP contribution in [0.15, 0.2) is 27.7 Å². The molecule has 1 N–H and O–H groups in total. The van der Waals surface area contributed by atoms with Gasteiger partial charge in [0.15, 0.2) is 9.84 Å². The van der Waals surface area contributed by atoms with E-state index >= 15 is 0 Å². The maximum absolute atomic E-state index is 12.6. The number of nitrogens with zero attached hydrogens (tertiary/aromatic N) is 2. The average Bonchev–Trinajstić information content (AvgIpc) is 3.17. The second-order valence-corrected chi connectivity index (χ2v) is 9.84. The molecule has 10 heteroatoms. The molecule has 0 amide bonds. The van der Waals surface area contributed by atoms with Crippen molar-refractivity contribution >= 4 is 19.9 Å². The van der Waals surface area contributed by atoms with Crippen molar-refractivity contribution in [3.05, 3.63) is 35.5 Å². The lowest BCUT2D eigenvalue weighted by atomic mass is 10.2. The number of furan rings is 1. The Balaban J connectivity index is 1.88. The first-order valence-corrected chi connectivity index (χ1v) is 10.8. The van der Waals surface area contributed by atoms with Crippen molar-refractivity contribution in [1.82, 2.24) is 14.5 Å². The predicted molar refractivity (Wildman–Crippen MR) is 86.7 cm³/mol. The highest BCUT2D eigenvalue weighted by molar-refractivity contribution is 7.91. The molecule has 1 saturated heterocycles. The minimum atomic E-state index is -3.78. The maximum Gasteiger partial charge on any atom is 0.244 e. The Bertz CT molecular complexity index is 943. The van der Waals surface area contributed by atoms with Crippen LogP contribution >= 0.6 is 0 Å². The van der Waals surface area contributed by atoms with Gasteiger partial charge in [-0.2, -0.15) is 5.10 Å². The fourth-order valence-electron chi connectivity index (χ4n) is 3.01. The van der Waals surface area contributed by atoms with Gasteiger partial charge in [0.1, 0.15) is 10.7 Å². The van der Waals surface area contributed by atoms with Crippen molar-refractivity contribution in [2.75, 3.05) is 11.5 Å². The van der Waals surface area contributed by atoms with Crippen molar-refractivity contribution in [2.24, 2.45) is 0 Å². The summed E-state index contributed by atoms with van der Waals surface area (Å²) in [5.74, 6) is 0.603. The number of rotatable bonds is 5. The van der Waals surface area contributed by atoms with E-state index in [0.717, 1.165) is 0 Å². The summed E-state index contributed by atoms with van der Waals surface area (Å²) in [6.45, 7) is 3.29. The van der Waals surface area contributed by atoms with E-state index in [1.807, 2.05) is 0 Å². The van der Waals surface area contributed by atoms with Crippen molar-refractivity contribution in [3.8, 4) is 0 Å². The molecule has 2 aromatic heterocycles. The molecule has 2 aromatic rings. The Morgan fingerprint density at radius 3 is 2.75 bits per heavy atom. The van der Waals surface area contributed by atoms with Crippen molar-refractivity contribution < 1.29 is 21.3 Å². The van der Waals surface area contributed by atoms with E-state index in [2.05, 4.69) is 9.82 Å². The lowest BCUT2D eigenvalue weighted by Crippen LogP contribution is -2.24. The summed E-state index contributed by atoms with van der Waals surface area (Å²) < 4.78 is 57.7. The average molecular weight is 373 g/mol. The summed E-state index contributed by atoms with van der Waals surface area (Å²) in [5, 5.41) is 4.28. The minimum Gasteiger partial charge on any atom is -0.468 e. The van der Waals surface area contributed by atoms with Gasteiger partial charge in [0.05, 0.1) is 41.7 Å². The van der Waals surface area contributed by atoms with Gasteiger partial charge in [-0.15, -0.1) is 0 Å². The molecule has 0 spiro atoms. The van der Waals surface area contributed by atoms with Crippen LogP contribution in [0.2, 0.25) is 0 Å². The highest BCUT2D eigenvalue weighted by Gasteiger charge is 2.33. The van der Waals surface area contributed by atoms with Gasteiger partial charge in [-0.3, -0.25) is 4.68 Å². The normalized spacial score (nSPS) is 20.5. The third kappa shape index (κ3) is 3.26. The largest absolute Gasteiger partial charge is 0.468 e. The first-order chi connectivity index (χ1) is 11.2. The Labute approximate surface area is 140 Å². The number of sulfonamides is 1. The Morgan fingerprint density at radius 1 is 1.42 bits per heavy atom. The molecule has 0 unspecified atom stereocenters. The highest BCUT2D eigenvalue weighted by Crippen LogP contribution is 2.28. The molecule has 132 valence electrons. The first-order valence-electron chi connectivity index (χ1n) is 7.48. The van der Waals surface area contributed by atoms with E-state index < -0.39 is 19.9 Å². The van der Waals surface area contributed by atoms with Crippen LogP contribution in [0.25, 0.3) is 0 Å². The molecule has 0 aromatic carbocycles. The topological polar surface area (TPSA) is 111 Å². The van der Waals surface area contributed by atoms with Crippen LogP contribution in [0, 0.1) is 13.8 Å². The zero-order chi connectivity index (χ0) is 17.5. The number of nitrogens with one attached hydrogen (secondary N) is 1. The molecule has 3 heterocycles. The standard InChI is InChI=1S/C14H19N3O5S2/c1-10-14(24(20,21)15-8-13-4-3-6-22-13)11(2)17(16-10)12-5-7-23(18,19)9-12/h3-4,6,12,15H,5,7-9H2,1-2H3/t12-/m1/s1. The monoisotopic (exact) mass is 373 g/mol. The molecule has 0 bridgehead atoms. The van der Waals surface area contributed by atoms with Gasteiger partial charge in [0.2, 0.25) is 10.0 Å². The number of hydrogen-bond donors (Lipinski definition) is 1. The van der Waals surface area contributed by atoms with E-state index in [1.165, 1.54) is 10.9 Å². The zero-order valence-corrected chi connectivity index (χ0v) is 15.0. The van der Waals surface area contributed by atoms with E-state index in [4.69, 9.17) is 4.42 Å². The van der Waals surface area contributed by atoms with Gasteiger partial charge in [0, 0.05) is 0 Å². The fraction of sp³-hybridized carbons (Fsp3) is 0.500. The molecule has 1 aliphatic rings. The summed E-state index contributed by atoms with van der Waals surface area (Å²) in [4.78, 5) is 0.0957. The van der Waals surface area contributed by atoms with Gasteiger partial charge < -0.3 is 4.42 Å². The fourth-order valence-corrected chi connectivity index (χ4v) is 6.09. The second kappa shape index (κ2) is 6.01. The highest BCUT2D eigenvalue weighted by atomic mass is 32.2. The Kier molecular flexibility index (Phi) is 4.30. The van der Waals surface area contributed by atoms with Crippen molar-refractivity contribution in [3.63, 3.8) is 0 Å². The van der Waals surface area contributed by atoms with Crippen LogP contribution in [0.5, 0.6) is 0 Å². The number of hydrogen-bond acceptors (Lipinski definition) is 6. The number of sulfone groups is 1. The molecule has 1 aliphatic heterocycles. The van der Waals surface area contributed by atoms with Crippen LogP contribution in [0.1, 0.15) is 29.6 Å². The van der Waals surface area contributed by atoms with Gasteiger partial charge in [0.25, 0.3) is 0 Å². The molecular weight excluding hydrogens is 354 g/mol. The molecule has 1 atom stereocenters. The molecule has 0 radical (unpaired) electrons. The second-order valence-electron chi connectivity index (χ2n) is 5.91. The van der Waals surface area contributed by atoms with E-state index in [0.29, 0.717) is 23.6 Å². The van der Waals surface area contributed by atoms with Crippen molar-refractivity contribution in [1.29, 1.82) is 0 Å². The van der Waals surface area contributed by atoms with Crippen LogP contribution < -0.4 is 4.72 Å². The van der Waals surface area contributed by atoms with Crippen LogP contribution in [0.4, 0.5) is 0 Å². The Hall–Kier alpha value is -1.65. The molecule has 8 nitrogen and oxygen atoms in total. The summed E-state index contributed by atoms with van der Waals surface area (Å²) in [6.07, 6.45) is 1.92. The van der Waals surface area contributed by atoms with E-state index in [-0.39, 0.29) is 29.0 Å². The van der Waals surface area contributed by atoms with Crippen LogP contribution in [0.3, 0.4) is 0 Å². The summed E-state index contributed by atoms with van der Waals surface area (Å²) in [7, 11) is -6.86. The van der Waals surface area contributed by atoms with Crippen LogP contribution in [-0.4, -0.2) is 38.1 Å². The van der Waals surface area contributed by atoms with Gasteiger partial charge in [-0.1, -0.05) is 0 Å². The van der Waals surface area contributed by atoms with Gasteiger partial charge in [-0.25, -0.2) is 21.6 Å². The van der Waals surface area contributed by atoms with Crippen LogP contribution in [-0.2, 0) is 26.4 Å². The smallest absolute Gasteiger partial charge is 0.244 e. The summed E-state index contributed by atoms with van der Waals surface area (Å²) >= 11 is 0. The third-order valence-electron chi connectivity index (χ3n) is 4.10. The van der Waals surface area contributed by atoms with Gasteiger partial charge in [-0.05, 0) is 32.4 Å². The number of aryl methyl sites for hydroxylation is 1. The molecule has 3 rings (SSSR count). The molecule has 0 aliphatic carbocycles. The van der Waals surface area contributed by atoms with Gasteiger partial charge >= 0.3 is 0 Å². The quantitative estimate of drug-likeness (QED) is 0.835. The zero-order valence-electron chi connectivity index (χ0n) is 13.4. The predicted octanol–water partition coefficient (Wildman–Crippen LogP) is 0.931. The molecular formula is C14H19N3O5S2. The number of aromatic nitrogens is 2. The van der Waals surface area contributed by atoms with E-state index in [1.54, 1.807) is 26.0 Å². The maximum atomic E-state index is 12.6.